The summed E-state index contributed by atoms with van der Waals surface area (Å²) < 4.78 is 12.5. The lowest BCUT2D eigenvalue weighted by atomic mass is 10.2. The van der Waals surface area contributed by atoms with Crippen molar-refractivity contribution in [2.24, 2.45) is 0 Å². The predicted molar refractivity (Wildman–Crippen MR) is 60.6 cm³/mol. The first kappa shape index (κ1) is 12.2. The van der Waals surface area contributed by atoms with Gasteiger partial charge in [-0.25, -0.2) is 14.2 Å². The number of pyridine rings is 1. The van der Waals surface area contributed by atoms with Crippen molar-refractivity contribution in [2.45, 2.75) is 19.4 Å². The Kier molecular flexibility index (Phi) is 4.44. The molecule has 0 aliphatic carbocycles. The second-order valence-electron chi connectivity index (χ2n) is 3.39. The Morgan fingerprint density at radius 1 is 1.69 bits per heavy atom. The van der Waals surface area contributed by atoms with Crippen molar-refractivity contribution in [3.8, 4) is 0 Å². The van der Waals surface area contributed by atoms with E-state index in [-0.39, 0.29) is 12.1 Å². The zero-order chi connectivity index (χ0) is 12.0. The van der Waals surface area contributed by atoms with E-state index in [2.05, 4.69) is 22.2 Å². The minimum absolute atomic E-state index is 0.00190. The average Bonchev–Trinajstić information content (AvgIpc) is 2.21. The monoisotopic (exact) mass is 223 g/mol. The summed E-state index contributed by atoms with van der Waals surface area (Å²) in [4.78, 5) is 15.1. The van der Waals surface area contributed by atoms with Crippen LogP contribution in [0.5, 0.6) is 0 Å². The van der Waals surface area contributed by atoms with Crippen LogP contribution in [0.1, 0.15) is 13.3 Å². The summed E-state index contributed by atoms with van der Waals surface area (Å²) in [5, 5.41) is 5.19. The van der Waals surface area contributed by atoms with Crippen LogP contribution >= 0.6 is 0 Å². The number of anilines is 1. The summed E-state index contributed by atoms with van der Waals surface area (Å²) in [7, 11) is 0. The molecule has 0 spiro atoms. The van der Waals surface area contributed by atoms with Gasteiger partial charge in [-0.2, -0.15) is 0 Å². The highest BCUT2D eigenvalue weighted by Gasteiger charge is 2.06. The molecule has 0 radical (unpaired) electrons. The van der Waals surface area contributed by atoms with Gasteiger partial charge < -0.3 is 5.32 Å². The molecule has 1 aromatic rings. The molecule has 0 fully saturated rings. The van der Waals surface area contributed by atoms with Crippen LogP contribution in [-0.2, 0) is 0 Å². The van der Waals surface area contributed by atoms with Gasteiger partial charge in [0.2, 0.25) is 0 Å². The fourth-order valence-corrected chi connectivity index (χ4v) is 1.13. The lowest BCUT2D eigenvalue weighted by Gasteiger charge is -2.12. The van der Waals surface area contributed by atoms with E-state index in [1.165, 1.54) is 12.1 Å². The van der Waals surface area contributed by atoms with Crippen LogP contribution in [-0.4, -0.2) is 17.1 Å². The van der Waals surface area contributed by atoms with E-state index in [1.807, 2.05) is 6.92 Å². The summed E-state index contributed by atoms with van der Waals surface area (Å²) in [6, 6.07) is 2.26. The SMILES string of the molecule is C=CCC(C)NC(=O)Nc1ccc(F)cn1. The molecular weight excluding hydrogens is 209 g/mol. The third-order valence-corrected chi connectivity index (χ3v) is 1.87. The van der Waals surface area contributed by atoms with Crippen LogP contribution < -0.4 is 10.6 Å². The molecule has 0 aromatic carbocycles. The number of carbonyl (C=O) groups is 1. The highest BCUT2D eigenvalue weighted by atomic mass is 19.1. The molecule has 86 valence electrons. The van der Waals surface area contributed by atoms with Gasteiger partial charge in [0.15, 0.2) is 0 Å². The molecule has 1 aromatic heterocycles. The molecule has 0 saturated heterocycles. The summed E-state index contributed by atoms with van der Waals surface area (Å²) in [5.41, 5.74) is 0. The number of hydrogen-bond donors (Lipinski definition) is 2. The fraction of sp³-hybridized carbons (Fsp3) is 0.273. The largest absolute Gasteiger partial charge is 0.335 e. The fourth-order valence-electron chi connectivity index (χ4n) is 1.13. The highest BCUT2D eigenvalue weighted by molar-refractivity contribution is 5.88. The molecule has 1 unspecified atom stereocenters. The maximum atomic E-state index is 12.5. The second-order valence-corrected chi connectivity index (χ2v) is 3.39. The van der Waals surface area contributed by atoms with Crippen molar-refractivity contribution in [3.63, 3.8) is 0 Å². The first-order chi connectivity index (χ1) is 7.61. The number of rotatable bonds is 4. The van der Waals surface area contributed by atoms with Crippen LogP contribution in [0.4, 0.5) is 15.0 Å². The van der Waals surface area contributed by atoms with Crippen molar-refractivity contribution in [1.29, 1.82) is 0 Å². The van der Waals surface area contributed by atoms with Crippen molar-refractivity contribution >= 4 is 11.8 Å². The number of nitrogens with one attached hydrogen (secondary N) is 2. The van der Waals surface area contributed by atoms with Gasteiger partial charge in [0.1, 0.15) is 11.6 Å². The van der Waals surface area contributed by atoms with Crippen molar-refractivity contribution in [1.82, 2.24) is 10.3 Å². The highest BCUT2D eigenvalue weighted by Crippen LogP contribution is 2.03. The van der Waals surface area contributed by atoms with Gasteiger partial charge >= 0.3 is 6.03 Å². The number of nitrogens with zero attached hydrogens (tertiary/aromatic N) is 1. The van der Waals surface area contributed by atoms with Crippen molar-refractivity contribution in [3.05, 3.63) is 36.8 Å². The smallest absolute Gasteiger partial charge is 0.320 e. The second kappa shape index (κ2) is 5.85. The van der Waals surface area contributed by atoms with Crippen LogP contribution in [0.25, 0.3) is 0 Å². The van der Waals surface area contributed by atoms with Crippen LogP contribution in [0.2, 0.25) is 0 Å². The molecule has 0 aliphatic rings. The van der Waals surface area contributed by atoms with Crippen LogP contribution in [0, 0.1) is 5.82 Å². The summed E-state index contributed by atoms with van der Waals surface area (Å²) in [6.45, 7) is 5.44. The Morgan fingerprint density at radius 3 is 3.00 bits per heavy atom. The Hall–Kier alpha value is -1.91. The van der Waals surface area contributed by atoms with E-state index < -0.39 is 5.82 Å². The first-order valence-corrected chi connectivity index (χ1v) is 4.92. The minimum atomic E-state index is -0.439. The molecule has 0 aliphatic heterocycles. The molecule has 1 atom stereocenters. The van der Waals surface area contributed by atoms with Gasteiger partial charge in [0, 0.05) is 6.04 Å². The third-order valence-electron chi connectivity index (χ3n) is 1.87. The molecule has 16 heavy (non-hydrogen) atoms. The molecule has 2 N–H and O–H groups in total. The molecule has 1 heterocycles. The lowest BCUT2D eigenvalue weighted by Crippen LogP contribution is -2.35. The molecular formula is C11H14FN3O. The molecule has 2 amide bonds. The minimum Gasteiger partial charge on any atom is -0.335 e. The van der Waals surface area contributed by atoms with Crippen LogP contribution in [0.3, 0.4) is 0 Å². The van der Waals surface area contributed by atoms with E-state index >= 15 is 0 Å². The van der Waals surface area contributed by atoms with Gasteiger partial charge in [-0.3, -0.25) is 5.32 Å². The Morgan fingerprint density at radius 2 is 2.44 bits per heavy atom. The van der Waals surface area contributed by atoms with E-state index in [9.17, 15) is 9.18 Å². The number of aromatic nitrogens is 1. The first-order valence-electron chi connectivity index (χ1n) is 4.92. The Bertz CT molecular complexity index is 364. The average molecular weight is 223 g/mol. The summed E-state index contributed by atoms with van der Waals surface area (Å²) >= 11 is 0. The van der Waals surface area contributed by atoms with Gasteiger partial charge in [0.25, 0.3) is 0 Å². The standard InChI is InChI=1S/C11H14FN3O/c1-3-4-8(2)14-11(16)15-10-6-5-9(12)7-13-10/h3,5-8H,1,4H2,2H3,(H2,13,14,15,16). The third kappa shape index (κ3) is 4.08. The molecule has 4 nitrogen and oxygen atoms in total. The maximum Gasteiger partial charge on any atom is 0.320 e. The van der Waals surface area contributed by atoms with Crippen LogP contribution in [0.15, 0.2) is 31.0 Å². The van der Waals surface area contributed by atoms with Crippen molar-refractivity contribution in [2.75, 3.05) is 5.32 Å². The lowest BCUT2D eigenvalue weighted by molar-refractivity contribution is 0.249. The topological polar surface area (TPSA) is 54.0 Å². The number of carbonyl (C=O) groups excluding carboxylic acids is 1. The molecule has 0 bridgehead atoms. The van der Waals surface area contributed by atoms with Gasteiger partial charge in [-0.05, 0) is 25.5 Å². The van der Waals surface area contributed by atoms with Gasteiger partial charge in [-0.1, -0.05) is 6.08 Å². The number of hydrogen-bond acceptors (Lipinski definition) is 2. The van der Waals surface area contributed by atoms with Gasteiger partial charge in [-0.15, -0.1) is 6.58 Å². The number of amides is 2. The number of urea groups is 1. The van der Waals surface area contributed by atoms with Gasteiger partial charge in [0.05, 0.1) is 6.20 Å². The normalized spacial score (nSPS) is 11.6. The van der Waals surface area contributed by atoms with Crippen molar-refractivity contribution < 1.29 is 9.18 Å². The summed E-state index contributed by atoms with van der Waals surface area (Å²) in [6.07, 6.45) is 3.45. The van der Waals surface area contributed by atoms with E-state index in [4.69, 9.17) is 0 Å². The van der Waals surface area contributed by atoms with E-state index in [1.54, 1.807) is 6.08 Å². The predicted octanol–water partition coefficient (Wildman–Crippen LogP) is 2.31. The zero-order valence-electron chi connectivity index (χ0n) is 9.03. The quantitative estimate of drug-likeness (QED) is 0.769. The Labute approximate surface area is 93.6 Å². The molecule has 0 saturated carbocycles. The number of halogens is 1. The summed E-state index contributed by atoms with van der Waals surface area (Å²) in [5.74, 6) is -0.129. The molecule has 5 heteroatoms. The molecule has 1 rings (SSSR count). The van der Waals surface area contributed by atoms with E-state index in [0.717, 1.165) is 6.20 Å². The Balaban J connectivity index is 2.45. The maximum absolute atomic E-state index is 12.5. The van der Waals surface area contributed by atoms with E-state index in [0.29, 0.717) is 12.2 Å². The zero-order valence-corrected chi connectivity index (χ0v) is 9.03.